The molecule has 1 amide bonds. The zero-order valence-electron chi connectivity index (χ0n) is 32.6. The van der Waals surface area contributed by atoms with Gasteiger partial charge < -0.3 is 40.4 Å². The largest absolute Gasteiger partial charge is 0.496 e. The van der Waals surface area contributed by atoms with Crippen molar-refractivity contribution in [2.24, 2.45) is 17.1 Å². The highest BCUT2D eigenvalue weighted by Crippen LogP contribution is 2.67. The van der Waals surface area contributed by atoms with E-state index < -0.39 is 51.5 Å². The Hall–Kier alpha value is -3.94. The number of hydrogen-bond acceptors (Lipinski definition) is 10. The maximum atomic E-state index is 15.2. The van der Waals surface area contributed by atoms with Crippen molar-refractivity contribution in [1.82, 2.24) is 14.8 Å². The number of carbonyl (C=O) groups excluding carboxylic acids is 2. The highest BCUT2D eigenvalue weighted by molar-refractivity contribution is 5.95. The first-order chi connectivity index (χ1) is 26.3. The molecule has 2 unspecified atom stereocenters. The Morgan fingerprint density at radius 3 is 2.53 bits per heavy atom. The number of H-pyrrole nitrogens is 1. The number of nitrogens with one attached hydrogen (secondary N) is 1. The van der Waals surface area contributed by atoms with E-state index in [1.807, 2.05) is 62.2 Å². The molecule has 1 spiro atoms. The summed E-state index contributed by atoms with van der Waals surface area (Å²) in [5.41, 5.74) is 4.72. The number of nitrogens with two attached hydrogens (primary N) is 1. The summed E-state index contributed by atoms with van der Waals surface area (Å²) in [6.07, 6.45) is 5.78. The molecule has 9 rings (SSSR count). The maximum Gasteiger partial charge on any atom is 0.322 e. The number of fused-ring (bicyclic) bond motifs is 6. The Morgan fingerprint density at radius 1 is 1.04 bits per heavy atom. The number of esters is 1. The van der Waals surface area contributed by atoms with E-state index in [9.17, 15) is 20.1 Å². The monoisotopic (exact) mass is 753 g/mol. The molecule has 6 heterocycles. The van der Waals surface area contributed by atoms with Crippen molar-refractivity contribution < 1.29 is 34.4 Å². The van der Waals surface area contributed by atoms with Gasteiger partial charge in [-0.05, 0) is 74.2 Å². The highest BCUT2D eigenvalue weighted by Gasteiger charge is 2.78. The molecule has 3 fully saturated rings. The molecule has 2 saturated heterocycles. The van der Waals surface area contributed by atoms with Crippen LogP contribution in [0.2, 0.25) is 0 Å². The molecule has 1 aliphatic carbocycles. The molecule has 55 heavy (non-hydrogen) atoms. The van der Waals surface area contributed by atoms with Gasteiger partial charge in [-0.25, -0.2) is 0 Å². The number of piperidine rings is 1. The standard InChI is InChI=1S/C43H55N5O7/c1-6-39(52)21-25-22-42(38(51)55-5,33-27(13-17-47(23-25)24-39)26-11-8-9-12-30(26)45-33)29-19-28-31(20-32(29)54-4)46(3)35-41(28)15-18-48-16-10-14-40(7-2,34(41)48)36(49)43(35,53)37(44)50/h8-12,14,19-20,25,34-36,45,49,52-53H,6-7,13,15-18,21-24H2,1-5H3,(H2,44,50)/t25-,34+,35-,36-,39?,40-,41-,42+,43+/m1/s1. The number of aromatic amines is 1. The van der Waals surface area contributed by atoms with Gasteiger partial charge in [-0.3, -0.25) is 19.4 Å². The van der Waals surface area contributed by atoms with E-state index in [0.717, 1.165) is 46.5 Å². The lowest BCUT2D eigenvalue weighted by molar-refractivity contribution is -0.201. The molecule has 5 aliphatic heterocycles. The SMILES string of the molecule is CCC1(O)C[C@H]2CN(CCc3c([nH]c4ccccc34)[C@@](C(=O)OC)(c3cc4c(cc3OC)N(C)[C@H]3[C@@](O)(C(N)=O)[C@H](O)[C@]5(CC)C=CCN6CC[C@]43[C@@H]65)C2)C1. The minimum absolute atomic E-state index is 0.0790. The van der Waals surface area contributed by atoms with Crippen LogP contribution in [0.15, 0.2) is 48.6 Å². The lowest BCUT2D eigenvalue weighted by Crippen LogP contribution is -2.81. The zero-order valence-corrected chi connectivity index (χ0v) is 32.6. The molecule has 0 radical (unpaired) electrons. The van der Waals surface area contributed by atoms with Gasteiger partial charge in [0, 0.05) is 84.0 Å². The third-order valence-corrected chi connectivity index (χ3v) is 15.2. The molecule has 6 aliphatic rings. The van der Waals surface area contributed by atoms with Crippen LogP contribution in [0, 0.1) is 11.3 Å². The van der Waals surface area contributed by atoms with Gasteiger partial charge >= 0.3 is 5.97 Å². The number of para-hydroxylation sites is 1. The van der Waals surface area contributed by atoms with Crippen LogP contribution in [0.25, 0.3) is 10.9 Å². The van der Waals surface area contributed by atoms with E-state index in [0.29, 0.717) is 69.5 Å². The van der Waals surface area contributed by atoms with E-state index in [2.05, 4.69) is 26.9 Å². The number of aliphatic hydroxyl groups excluding tert-OH is 1. The van der Waals surface area contributed by atoms with Gasteiger partial charge in [0.2, 0.25) is 0 Å². The van der Waals surface area contributed by atoms with E-state index in [1.165, 1.54) is 7.11 Å². The van der Waals surface area contributed by atoms with Gasteiger partial charge in [0.15, 0.2) is 5.60 Å². The summed E-state index contributed by atoms with van der Waals surface area (Å²) in [5.74, 6) is -1.00. The number of methoxy groups -OCH3 is 2. The molecular formula is C43H55N5O7. The molecule has 2 aromatic carbocycles. The smallest absolute Gasteiger partial charge is 0.322 e. The van der Waals surface area contributed by atoms with E-state index in [-0.39, 0.29) is 12.0 Å². The topological polar surface area (TPSA) is 165 Å². The second-order valence-electron chi connectivity index (χ2n) is 17.5. The van der Waals surface area contributed by atoms with E-state index in [1.54, 1.807) is 7.11 Å². The molecule has 1 aromatic heterocycles. The second-order valence-corrected chi connectivity index (χ2v) is 17.5. The van der Waals surface area contributed by atoms with Crippen molar-refractivity contribution in [3.05, 3.63) is 70.9 Å². The van der Waals surface area contributed by atoms with Crippen LogP contribution in [0.1, 0.15) is 68.3 Å². The van der Waals surface area contributed by atoms with Crippen molar-refractivity contribution in [3.63, 3.8) is 0 Å². The van der Waals surface area contributed by atoms with Gasteiger partial charge in [-0.15, -0.1) is 0 Å². The van der Waals surface area contributed by atoms with Crippen LogP contribution in [0.3, 0.4) is 0 Å². The van der Waals surface area contributed by atoms with Crippen LogP contribution in [0.4, 0.5) is 5.69 Å². The summed E-state index contributed by atoms with van der Waals surface area (Å²) in [5, 5.41) is 38.0. The number of primary amides is 1. The average molecular weight is 754 g/mol. The quantitative estimate of drug-likeness (QED) is 0.187. The van der Waals surface area contributed by atoms with Crippen LogP contribution in [0.5, 0.6) is 5.75 Å². The second kappa shape index (κ2) is 12.3. The molecular weight excluding hydrogens is 699 g/mol. The van der Waals surface area contributed by atoms with Crippen molar-refractivity contribution in [2.75, 3.05) is 58.9 Å². The zero-order chi connectivity index (χ0) is 38.9. The number of nitrogens with zero attached hydrogens (tertiary/aromatic N) is 3. The molecule has 2 bridgehead atoms. The Balaban J connectivity index is 1.36. The van der Waals surface area contributed by atoms with Crippen molar-refractivity contribution in [1.29, 1.82) is 0 Å². The molecule has 10 atom stereocenters. The number of carbonyl (C=O) groups is 2. The molecule has 3 aromatic rings. The third kappa shape index (κ3) is 4.51. The van der Waals surface area contributed by atoms with Crippen LogP contribution in [-0.2, 0) is 31.6 Å². The summed E-state index contributed by atoms with van der Waals surface area (Å²) in [4.78, 5) is 39.3. The van der Waals surface area contributed by atoms with Gasteiger partial charge in [0.1, 0.15) is 17.3 Å². The summed E-state index contributed by atoms with van der Waals surface area (Å²) in [6.45, 7) is 7.39. The van der Waals surface area contributed by atoms with Gasteiger partial charge in [0.05, 0.1) is 25.9 Å². The molecule has 6 N–H and O–H groups in total. The van der Waals surface area contributed by atoms with E-state index >= 15 is 4.79 Å². The lowest BCUT2D eigenvalue weighted by atomic mass is 9.47. The fourth-order valence-corrected chi connectivity index (χ4v) is 13.1. The molecule has 12 nitrogen and oxygen atoms in total. The highest BCUT2D eigenvalue weighted by atomic mass is 16.5. The predicted octanol–water partition coefficient (Wildman–Crippen LogP) is 2.73. The fraction of sp³-hybridized carbons (Fsp3) is 0.581. The van der Waals surface area contributed by atoms with Crippen molar-refractivity contribution >= 4 is 28.5 Å². The van der Waals surface area contributed by atoms with E-state index in [4.69, 9.17) is 15.2 Å². The van der Waals surface area contributed by atoms with Gasteiger partial charge in [0.25, 0.3) is 5.91 Å². The normalized spacial score (nSPS) is 39.0. The number of amides is 1. The van der Waals surface area contributed by atoms with Crippen LogP contribution in [-0.4, -0.2) is 125 Å². The Kier molecular flexibility index (Phi) is 8.19. The first-order valence-electron chi connectivity index (χ1n) is 20.0. The summed E-state index contributed by atoms with van der Waals surface area (Å²) >= 11 is 0. The number of rotatable bonds is 6. The average Bonchev–Trinajstić information content (AvgIpc) is 3.84. The fourth-order valence-electron chi connectivity index (χ4n) is 13.1. The number of ether oxygens (including phenoxy) is 2. The predicted molar refractivity (Wildman–Crippen MR) is 208 cm³/mol. The first-order valence-corrected chi connectivity index (χ1v) is 20.0. The molecule has 12 heteroatoms. The Morgan fingerprint density at radius 2 is 1.82 bits per heavy atom. The lowest BCUT2D eigenvalue weighted by Gasteiger charge is -2.63. The first kappa shape index (κ1) is 36.7. The van der Waals surface area contributed by atoms with Gasteiger partial charge in [-0.1, -0.05) is 44.2 Å². The number of benzene rings is 2. The minimum atomic E-state index is -2.30. The number of hydrogen-bond donors (Lipinski definition) is 5. The van der Waals surface area contributed by atoms with Gasteiger partial charge in [-0.2, -0.15) is 0 Å². The number of aromatic nitrogens is 1. The van der Waals surface area contributed by atoms with Crippen molar-refractivity contribution in [3.8, 4) is 5.75 Å². The summed E-state index contributed by atoms with van der Waals surface area (Å²) in [7, 11) is 4.89. The molecule has 294 valence electrons. The number of aliphatic hydroxyl groups is 3. The van der Waals surface area contributed by atoms with Crippen molar-refractivity contribution in [2.45, 2.75) is 92.6 Å². The summed E-state index contributed by atoms with van der Waals surface area (Å²) in [6, 6.07) is 11.0. The Bertz CT molecular complexity index is 2120. The number of anilines is 1. The minimum Gasteiger partial charge on any atom is -0.496 e. The maximum absolute atomic E-state index is 15.2. The third-order valence-electron chi connectivity index (χ3n) is 15.2. The Labute approximate surface area is 322 Å². The van der Waals surface area contributed by atoms with Crippen LogP contribution >= 0.6 is 0 Å². The van der Waals surface area contributed by atoms with Crippen LogP contribution < -0.4 is 15.4 Å². The number of likely N-dealkylation sites (N-methyl/N-ethyl adjacent to an activating group) is 1. The summed E-state index contributed by atoms with van der Waals surface area (Å²) < 4.78 is 12.2. The molecule has 1 saturated carbocycles.